The van der Waals surface area contributed by atoms with Gasteiger partial charge in [-0.15, -0.1) is 11.3 Å². The molecule has 0 unspecified atom stereocenters. The van der Waals surface area contributed by atoms with Gasteiger partial charge >= 0.3 is 5.97 Å². The van der Waals surface area contributed by atoms with Gasteiger partial charge in [0.15, 0.2) is 0 Å². The number of nitro benzene ring substituents is 1. The summed E-state index contributed by atoms with van der Waals surface area (Å²) in [5, 5.41) is 13.1. The van der Waals surface area contributed by atoms with E-state index in [0.29, 0.717) is 28.0 Å². The Balaban J connectivity index is 1.90. The maximum Gasteiger partial charge on any atom is 0.326 e. The molecule has 2 heterocycles. The largest absolute Gasteiger partial charge is 0.462 e. The lowest BCUT2D eigenvalue weighted by Crippen LogP contribution is -2.26. The molecular weight excluding hydrogens is 386 g/mol. The summed E-state index contributed by atoms with van der Waals surface area (Å²) in [4.78, 5) is 40.1. The van der Waals surface area contributed by atoms with E-state index in [1.54, 1.807) is 17.5 Å². The molecule has 0 saturated heterocycles. The van der Waals surface area contributed by atoms with Crippen molar-refractivity contribution in [1.29, 1.82) is 0 Å². The molecule has 2 aromatic heterocycles. The lowest BCUT2D eigenvalue weighted by atomic mass is 10.1. The standard InChI is InChI=1S/C18H17N3O6S/c1-2-26-6-7-27-15(22)9-20-11-19-17-16(18(20)23)14(10-28-17)12-4-3-5-13(8-12)21(24)25/h3-5,8,10-11H,2,6-7,9H2,1H3. The minimum Gasteiger partial charge on any atom is -0.462 e. The minimum atomic E-state index is -0.574. The van der Waals surface area contributed by atoms with E-state index in [9.17, 15) is 19.7 Å². The fourth-order valence-electron chi connectivity index (χ4n) is 2.62. The molecule has 0 aliphatic rings. The summed E-state index contributed by atoms with van der Waals surface area (Å²) in [7, 11) is 0. The summed E-state index contributed by atoms with van der Waals surface area (Å²) < 4.78 is 11.3. The first-order valence-corrected chi connectivity index (χ1v) is 9.34. The lowest BCUT2D eigenvalue weighted by Gasteiger charge is -2.07. The monoisotopic (exact) mass is 403 g/mol. The molecule has 0 spiro atoms. The third-order valence-corrected chi connectivity index (χ3v) is 4.81. The third-order valence-electron chi connectivity index (χ3n) is 3.92. The van der Waals surface area contributed by atoms with Gasteiger partial charge in [-0.1, -0.05) is 12.1 Å². The van der Waals surface area contributed by atoms with Crippen LogP contribution in [0.4, 0.5) is 5.69 Å². The second-order valence-corrected chi connectivity index (χ2v) is 6.59. The van der Waals surface area contributed by atoms with Gasteiger partial charge in [0.2, 0.25) is 0 Å². The number of esters is 1. The smallest absolute Gasteiger partial charge is 0.326 e. The van der Waals surface area contributed by atoms with Crippen LogP contribution < -0.4 is 5.56 Å². The molecule has 146 valence electrons. The maximum atomic E-state index is 12.9. The molecule has 0 saturated carbocycles. The van der Waals surface area contributed by atoms with Gasteiger partial charge in [0.25, 0.3) is 11.2 Å². The summed E-state index contributed by atoms with van der Waals surface area (Å²) in [6.45, 7) is 2.47. The Hall–Kier alpha value is -3.11. The van der Waals surface area contributed by atoms with Crippen LogP contribution in [0, 0.1) is 10.1 Å². The molecule has 0 aliphatic carbocycles. The second-order valence-electron chi connectivity index (χ2n) is 5.73. The van der Waals surface area contributed by atoms with Crippen LogP contribution in [0.25, 0.3) is 21.3 Å². The molecule has 1 aromatic carbocycles. The van der Waals surface area contributed by atoms with Crippen LogP contribution in [-0.2, 0) is 20.8 Å². The first-order valence-electron chi connectivity index (χ1n) is 8.46. The molecule has 3 aromatic rings. The fourth-order valence-corrected chi connectivity index (χ4v) is 3.53. The van der Waals surface area contributed by atoms with Crippen LogP contribution in [0.3, 0.4) is 0 Å². The summed E-state index contributed by atoms with van der Waals surface area (Å²) in [5.74, 6) is -0.574. The van der Waals surface area contributed by atoms with Crippen molar-refractivity contribution in [2.45, 2.75) is 13.5 Å². The molecule has 0 bridgehead atoms. The third kappa shape index (κ3) is 4.24. The molecule has 0 fully saturated rings. The maximum absolute atomic E-state index is 12.9. The number of rotatable bonds is 8. The predicted octanol–water partition coefficient (Wildman–Crippen LogP) is 2.61. The number of thiophene rings is 1. The second kappa shape index (κ2) is 8.72. The quantitative estimate of drug-likeness (QED) is 0.246. The van der Waals surface area contributed by atoms with E-state index in [1.165, 1.54) is 34.4 Å². The lowest BCUT2D eigenvalue weighted by molar-refractivity contribution is -0.384. The number of aromatic nitrogens is 2. The summed E-state index contributed by atoms with van der Waals surface area (Å²) >= 11 is 1.26. The van der Waals surface area contributed by atoms with Gasteiger partial charge in [0, 0.05) is 29.7 Å². The topological polar surface area (TPSA) is 114 Å². The van der Waals surface area contributed by atoms with E-state index < -0.39 is 16.5 Å². The predicted molar refractivity (Wildman–Crippen MR) is 103 cm³/mol. The van der Waals surface area contributed by atoms with Crippen molar-refractivity contribution in [2.75, 3.05) is 19.8 Å². The molecule has 0 N–H and O–H groups in total. The first-order chi connectivity index (χ1) is 13.5. The highest BCUT2D eigenvalue weighted by Crippen LogP contribution is 2.32. The van der Waals surface area contributed by atoms with Crippen LogP contribution in [0.5, 0.6) is 0 Å². The van der Waals surface area contributed by atoms with Gasteiger partial charge in [-0.3, -0.25) is 24.3 Å². The Bertz CT molecular complexity index is 1070. The van der Waals surface area contributed by atoms with Crippen molar-refractivity contribution in [2.24, 2.45) is 0 Å². The van der Waals surface area contributed by atoms with E-state index in [2.05, 4.69) is 4.98 Å². The summed E-state index contributed by atoms with van der Waals surface area (Å²) in [5.41, 5.74) is 0.602. The minimum absolute atomic E-state index is 0.0704. The van der Waals surface area contributed by atoms with Crippen molar-refractivity contribution >= 4 is 33.2 Å². The normalized spacial score (nSPS) is 10.9. The van der Waals surface area contributed by atoms with Crippen LogP contribution in [0.2, 0.25) is 0 Å². The molecular formula is C18H17N3O6S. The zero-order chi connectivity index (χ0) is 20.1. The van der Waals surface area contributed by atoms with Crippen molar-refractivity contribution in [3.8, 4) is 11.1 Å². The average molecular weight is 403 g/mol. The van der Waals surface area contributed by atoms with Crippen LogP contribution in [0.15, 0.2) is 40.8 Å². The highest BCUT2D eigenvalue weighted by Gasteiger charge is 2.16. The van der Waals surface area contributed by atoms with Gasteiger partial charge in [-0.2, -0.15) is 0 Å². The Labute approximate surface area is 163 Å². The molecule has 0 amide bonds. The van der Waals surface area contributed by atoms with Crippen molar-refractivity contribution < 1.29 is 19.2 Å². The number of nitrogens with zero attached hydrogens (tertiary/aromatic N) is 3. The van der Waals surface area contributed by atoms with Crippen molar-refractivity contribution in [1.82, 2.24) is 9.55 Å². The van der Waals surface area contributed by atoms with E-state index >= 15 is 0 Å². The van der Waals surface area contributed by atoms with E-state index in [-0.39, 0.29) is 25.4 Å². The highest BCUT2D eigenvalue weighted by atomic mass is 32.1. The molecule has 0 aliphatic heterocycles. The van der Waals surface area contributed by atoms with E-state index in [0.717, 1.165) is 0 Å². The summed E-state index contributed by atoms with van der Waals surface area (Å²) in [6.07, 6.45) is 1.29. The van der Waals surface area contributed by atoms with Crippen LogP contribution >= 0.6 is 11.3 Å². The number of fused-ring (bicyclic) bond motifs is 1. The van der Waals surface area contributed by atoms with Crippen LogP contribution in [0.1, 0.15) is 6.92 Å². The van der Waals surface area contributed by atoms with Crippen LogP contribution in [-0.4, -0.2) is 40.3 Å². The number of non-ortho nitro benzene ring substituents is 1. The van der Waals surface area contributed by atoms with Gasteiger partial charge in [0.1, 0.15) is 18.0 Å². The number of carbonyl (C=O) groups excluding carboxylic acids is 1. The highest BCUT2D eigenvalue weighted by molar-refractivity contribution is 7.17. The first kappa shape index (κ1) is 19.6. The van der Waals surface area contributed by atoms with E-state index in [4.69, 9.17) is 9.47 Å². The molecule has 10 heteroatoms. The number of hydrogen-bond acceptors (Lipinski definition) is 8. The van der Waals surface area contributed by atoms with Gasteiger partial charge in [0.05, 0.1) is 23.2 Å². The number of nitro groups is 1. The average Bonchev–Trinajstić information content (AvgIpc) is 3.12. The summed E-state index contributed by atoms with van der Waals surface area (Å²) in [6, 6.07) is 6.03. The number of benzene rings is 1. The van der Waals surface area contributed by atoms with Crippen molar-refractivity contribution in [3.05, 3.63) is 56.4 Å². The van der Waals surface area contributed by atoms with Gasteiger partial charge in [-0.25, -0.2) is 4.98 Å². The van der Waals surface area contributed by atoms with Gasteiger partial charge in [-0.05, 0) is 12.5 Å². The zero-order valence-electron chi connectivity index (χ0n) is 15.0. The molecule has 3 rings (SSSR count). The SMILES string of the molecule is CCOCCOC(=O)Cn1cnc2scc(-c3cccc([N+](=O)[O-])c3)c2c1=O. The Morgan fingerprint density at radius 3 is 2.93 bits per heavy atom. The Morgan fingerprint density at radius 2 is 2.18 bits per heavy atom. The Morgan fingerprint density at radius 1 is 1.36 bits per heavy atom. The Kier molecular flexibility index (Phi) is 6.12. The van der Waals surface area contributed by atoms with E-state index in [1.807, 2.05) is 6.92 Å². The number of hydrogen-bond donors (Lipinski definition) is 0. The molecule has 0 atom stereocenters. The zero-order valence-corrected chi connectivity index (χ0v) is 15.8. The van der Waals surface area contributed by atoms with Crippen molar-refractivity contribution in [3.63, 3.8) is 0 Å². The fraction of sp³-hybridized carbons (Fsp3) is 0.278. The molecule has 28 heavy (non-hydrogen) atoms. The number of carbonyl (C=O) groups is 1. The number of ether oxygens (including phenoxy) is 2. The molecule has 9 nitrogen and oxygen atoms in total. The molecule has 0 radical (unpaired) electrons. The van der Waals surface area contributed by atoms with Gasteiger partial charge < -0.3 is 9.47 Å².